The number of carboxylic acid groups (broad SMARTS) is 1. The molecule has 4 N–H and O–H groups in total. The number of carbonyl (C=O) groups is 2. The number of carbonyl (C=O) groups excluding carboxylic acids is 1. The van der Waals surface area contributed by atoms with E-state index in [1.165, 1.54) is 11.8 Å². The molecule has 0 aliphatic carbocycles. The molecule has 1 fully saturated rings. The van der Waals surface area contributed by atoms with Gasteiger partial charge in [0, 0.05) is 37.1 Å². The summed E-state index contributed by atoms with van der Waals surface area (Å²) in [6, 6.07) is 21.9. The smallest absolute Gasteiger partial charge is 0.303 e. The van der Waals surface area contributed by atoms with Crippen LogP contribution in [0.3, 0.4) is 0 Å². The summed E-state index contributed by atoms with van der Waals surface area (Å²) in [5.41, 5.74) is 4.22. The monoisotopic (exact) mass is 619 g/mol. The quantitative estimate of drug-likeness (QED) is 0.159. The Morgan fingerprint density at radius 1 is 0.932 bits per heavy atom. The highest BCUT2D eigenvalue weighted by Gasteiger charge is 2.32. The van der Waals surface area contributed by atoms with Crippen LogP contribution in [0.5, 0.6) is 5.75 Å². The SMILES string of the molecule is O=C(O)CCCC(=O)NCc1ccc(C2OC(CSc3nnnn3-c3ccc(O)cc3)CC(c3ccc(CO)cc3)O2)cc1. The Bertz CT molecular complexity index is 1530. The van der Waals surface area contributed by atoms with Crippen LogP contribution in [0.15, 0.2) is 78.0 Å². The molecule has 1 aliphatic heterocycles. The zero-order valence-corrected chi connectivity index (χ0v) is 24.6. The van der Waals surface area contributed by atoms with Crippen LogP contribution in [-0.4, -0.2) is 59.3 Å². The summed E-state index contributed by atoms with van der Waals surface area (Å²) in [4.78, 5) is 22.7. The Morgan fingerprint density at radius 3 is 2.34 bits per heavy atom. The molecular weight excluding hydrogens is 586 g/mol. The molecule has 1 aromatic heterocycles. The van der Waals surface area contributed by atoms with Gasteiger partial charge in [-0.25, -0.2) is 0 Å². The van der Waals surface area contributed by atoms with E-state index in [0.717, 1.165) is 27.9 Å². The summed E-state index contributed by atoms with van der Waals surface area (Å²) in [5.74, 6) is -0.405. The van der Waals surface area contributed by atoms with E-state index in [-0.39, 0.29) is 43.3 Å². The molecule has 13 heteroatoms. The van der Waals surface area contributed by atoms with Crippen molar-refractivity contribution < 1.29 is 34.4 Å². The molecule has 5 rings (SSSR count). The molecule has 1 amide bonds. The van der Waals surface area contributed by atoms with Gasteiger partial charge in [-0.1, -0.05) is 60.3 Å². The summed E-state index contributed by atoms with van der Waals surface area (Å²) in [7, 11) is 0. The van der Waals surface area contributed by atoms with Crippen molar-refractivity contribution in [1.29, 1.82) is 0 Å². The van der Waals surface area contributed by atoms with Crippen molar-refractivity contribution in [3.05, 3.63) is 95.1 Å². The molecule has 0 bridgehead atoms. The number of phenols is 1. The van der Waals surface area contributed by atoms with Crippen molar-refractivity contribution in [3.63, 3.8) is 0 Å². The molecule has 12 nitrogen and oxygen atoms in total. The van der Waals surface area contributed by atoms with Gasteiger partial charge in [-0.05, 0) is 57.8 Å². The van der Waals surface area contributed by atoms with Crippen molar-refractivity contribution in [2.75, 3.05) is 5.75 Å². The average Bonchev–Trinajstić information content (AvgIpc) is 3.52. The van der Waals surface area contributed by atoms with E-state index in [1.54, 1.807) is 28.9 Å². The highest BCUT2D eigenvalue weighted by Crippen LogP contribution is 2.39. The van der Waals surface area contributed by atoms with Crippen molar-refractivity contribution >= 4 is 23.6 Å². The number of thioether (sulfide) groups is 1. The Balaban J connectivity index is 1.26. The van der Waals surface area contributed by atoms with E-state index in [4.69, 9.17) is 14.6 Å². The maximum atomic E-state index is 12.0. The van der Waals surface area contributed by atoms with Crippen LogP contribution in [0.4, 0.5) is 0 Å². The van der Waals surface area contributed by atoms with Gasteiger partial charge in [0.15, 0.2) is 6.29 Å². The molecule has 3 atom stereocenters. The van der Waals surface area contributed by atoms with E-state index < -0.39 is 12.3 Å². The van der Waals surface area contributed by atoms with E-state index in [1.807, 2.05) is 48.5 Å². The topological polar surface area (TPSA) is 169 Å². The van der Waals surface area contributed by atoms with Crippen molar-refractivity contribution in [2.45, 2.75) is 62.5 Å². The minimum Gasteiger partial charge on any atom is -0.508 e. The number of nitrogens with one attached hydrogen (secondary N) is 1. The van der Waals surface area contributed by atoms with Crippen molar-refractivity contribution in [3.8, 4) is 11.4 Å². The second-order valence-electron chi connectivity index (χ2n) is 10.3. The largest absolute Gasteiger partial charge is 0.508 e. The van der Waals surface area contributed by atoms with E-state index in [2.05, 4.69) is 20.8 Å². The van der Waals surface area contributed by atoms with Gasteiger partial charge >= 0.3 is 5.97 Å². The van der Waals surface area contributed by atoms with Crippen LogP contribution < -0.4 is 5.32 Å². The van der Waals surface area contributed by atoms with Crippen LogP contribution in [-0.2, 0) is 32.2 Å². The lowest BCUT2D eigenvalue weighted by atomic mass is 10.0. The molecule has 44 heavy (non-hydrogen) atoms. The second kappa shape index (κ2) is 14.9. The number of aliphatic carboxylic acids is 1. The van der Waals surface area contributed by atoms with Crippen molar-refractivity contribution in [2.24, 2.45) is 0 Å². The fraction of sp³-hybridized carbons (Fsp3) is 0.323. The third kappa shape index (κ3) is 8.41. The molecule has 0 spiro atoms. The number of aliphatic hydroxyl groups is 1. The number of hydrogen-bond acceptors (Lipinski definition) is 10. The van der Waals surface area contributed by atoms with Crippen LogP contribution in [0.2, 0.25) is 0 Å². The lowest BCUT2D eigenvalue weighted by Crippen LogP contribution is -2.31. The third-order valence-electron chi connectivity index (χ3n) is 7.08. The number of amides is 1. The number of rotatable bonds is 13. The Morgan fingerprint density at radius 2 is 1.64 bits per heavy atom. The predicted molar refractivity (Wildman–Crippen MR) is 160 cm³/mol. The number of aromatic nitrogens is 4. The van der Waals surface area contributed by atoms with Gasteiger partial charge < -0.3 is 30.1 Å². The average molecular weight is 620 g/mol. The van der Waals surface area contributed by atoms with E-state index >= 15 is 0 Å². The molecule has 1 saturated heterocycles. The maximum Gasteiger partial charge on any atom is 0.303 e. The zero-order chi connectivity index (χ0) is 30.9. The fourth-order valence-electron chi connectivity index (χ4n) is 4.70. The molecule has 1 aliphatic rings. The summed E-state index contributed by atoms with van der Waals surface area (Å²) < 4.78 is 14.4. The molecule has 2 heterocycles. The number of aliphatic hydroxyl groups excluding tert-OH is 1. The number of tetrazole rings is 1. The normalized spacial score (nSPS) is 18.2. The molecule has 0 radical (unpaired) electrons. The van der Waals surface area contributed by atoms with E-state index in [9.17, 15) is 19.8 Å². The first-order valence-corrected chi connectivity index (χ1v) is 15.1. The summed E-state index contributed by atoms with van der Waals surface area (Å²) in [5, 5.41) is 43.3. The number of carboxylic acids is 1. The minimum atomic E-state index is -0.917. The number of phenolic OH excluding ortho intramolecular Hbond substituents is 1. The van der Waals surface area contributed by atoms with Gasteiger partial charge in [0.25, 0.3) is 0 Å². The fourth-order valence-corrected chi connectivity index (χ4v) is 5.60. The number of hydrogen-bond donors (Lipinski definition) is 4. The van der Waals surface area contributed by atoms with Crippen LogP contribution in [0.25, 0.3) is 5.69 Å². The summed E-state index contributed by atoms with van der Waals surface area (Å²) in [6.45, 7) is 0.287. The lowest BCUT2D eigenvalue weighted by molar-refractivity contribution is -0.245. The van der Waals surface area contributed by atoms with Crippen molar-refractivity contribution in [1.82, 2.24) is 25.5 Å². The molecule has 0 saturated carbocycles. The van der Waals surface area contributed by atoms with E-state index in [0.29, 0.717) is 30.3 Å². The molecule has 4 aromatic rings. The molecular formula is C31H33N5O7S. The van der Waals surface area contributed by atoms with Gasteiger partial charge in [-0.3, -0.25) is 9.59 Å². The highest BCUT2D eigenvalue weighted by atomic mass is 32.2. The van der Waals surface area contributed by atoms with Gasteiger partial charge in [0.2, 0.25) is 11.1 Å². The van der Waals surface area contributed by atoms with Gasteiger partial charge in [0.1, 0.15) is 5.75 Å². The van der Waals surface area contributed by atoms with Crippen LogP contribution in [0.1, 0.15) is 60.3 Å². The minimum absolute atomic E-state index is 0.0367. The van der Waals surface area contributed by atoms with Crippen LogP contribution in [0, 0.1) is 0 Å². The predicted octanol–water partition coefficient (Wildman–Crippen LogP) is 4.07. The Hall–Kier alpha value is -4.30. The summed E-state index contributed by atoms with van der Waals surface area (Å²) >= 11 is 1.46. The number of ether oxygens (including phenoxy) is 2. The van der Waals surface area contributed by atoms with Crippen LogP contribution >= 0.6 is 11.8 Å². The zero-order valence-electron chi connectivity index (χ0n) is 23.8. The lowest BCUT2D eigenvalue weighted by Gasteiger charge is -2.36. The maximum absolute atomic E-state index is 12.0. The standard InChI is InChI=1S/C31H33N5O7S/c37-18-21-6-8-22(9-7-21)27-16-26(19-44-31-33-34-35-36(31)24-12-14-25(38)15-13-24)42-30(43-27)23-10-4-20(5-11-23)17-32-28(39)2-1-3-29(40)41/h4-15,26-27,30,37-38H,1-3,16-19H2,(H,32,39)(H,40,41). The Kier molecular flexibility index (Phi) is 10.6. The first-order valence-electron chi connectivity index (χ1n) is 14.2. The summed E-state index contributed by atoms with van der Waals surface area (Å²) in [6.07, 6.45) is -0.105. The third-order valence-corrected chi connectivity index (χ3v) is 8.14. The first-order chi connectivity index (χ1) is 21.4. The molecule has 3 aromatic carbocycles. The Labute approximate surface area is 258 Å². The first kappa shape index (κ1) is 31.1. The van der Waals surface area contributed by atoms with Gasteiger partial charge in [-0.15, -0.1) is 5.10 Å². The van der Waals surface area contributed by atoms with Gasteiger partial charge in [0.05, 0.1) is 24.5 Å². The highest BCUT2D eigenvalue weighted by molar-refractivity contribution is 7.99. The number of nitrogens with zero attached hydrogens (tertiary/aromatic N) is 4. The number of aromatic hydroxyl groups is 1. The second-order valence-corrected chi connectivity index (χ2v) is 11.3. The molecule has 230 valence electrons. The number of benzene rings is 3. The molecule has 3 unspecified atom stereocenters. The van der Waals surface area contributed by atoms with Gasteiger partial charge in [-0.2, -0.15) is 4.68 Å².